The van der Waals surface area contributed by atoms with Gasteiger partial charge in [-0.15, -0.1) is 9.89 Å². The van der Waals surface area contributed by atoms with Gasteiger partial charge < -0.3 is 0 Å². The van der Waals surface area contributed by atoms with Crippen LogP contribution < -0.4 is 0 Å². The number of hydrogen-bond acceptors (Lipinski definition) is 6. The minimum absolute atomic E-state index is 0.191. The van der Waals surface area contributed by atoms with Crippen molar-refractivity contribution in [2.45, 2.75) is 130 Å². The van der Waals surface area contributed by atoms with Gasteiger partial charge in [-0.2, -0.15) is 19.8 Å². The van der Waals surface area contributed by atoms with Crippen LogP contribution in [0.15, 0.2) is 10.1 Å². The Morgan fingerprint density at radius 3 is 2.19 bits per heavy atom. The zero-order chi connectivity index (χ0) is 26.7. The maximum atomic E-state index is 5.24. The summed E-state index contributed by atoms with van der Waals surface area (Å²) in [4.78, 5) is 11.9. The molecule has 3 aromatic rings. The molecule has 0 radical (unpaired) electrons. The van der Waals surface area contributed by atoms with Gasteiger partial charge in [0, 0.05) is 17.3 Å². The molecule has 4 rings (SSSR count). The molecule has 1 N–H and O–H groups in total. The molecule has 0 aliphatic carbocycles. The maximum absolute atomic E-state index is 5.24. The predicted molar refractivity (Wildman–Crippen MR) is 150 cm³/mol. The molecule has 202 valence electrons. The van der Waals surface area contributed by atoms with Crippen LogP contribution in [-0.2, 0) is 5.41 Å². The molecule has 0 bridgehead atoms. The molecule has 3 aromatic heterocycles. The fourth-order valence-corrected chi connectivity index (χ4v) is 5.11. The van der Waals surface area contributed by atoms with Crippen molar-refractivity contribution in [2.24, 2.45) is 10.1 Å². The number of unbranched alkanes of at least 4 members (excludes halogenated alkanes) is 2. The number of aromatic amines is 1. The number of nitrogens with one attached hydrogen (secondary N) is 1. The van der Waals surface area contributed by atoms with E-state index in [1.165, 1.54) is 25.7 Å². The Hall–Kier alpha value is -2.84. The molecule has 0 aromatic carbocycles. The number of rotatable bonds is 12. The Bertz CT molecular complexity index is 1260. The molecule has 4 heterocycles. The number of nitrogens with zero attached hydrogens (tertiary/aromatic N) is 8. The fraction of sp³-hybridized carbons (Fsp3) is 0.714. The van der Waals surface area contributed by atoms with E-state index in [-0.39, 0.29) is 5.41 Å². The second kappa shape index (κ2) is 11.3. The van der Waals surface area contributed by atoms with Crippen LogP contribution >= 0.6 is 0 Å². The van der Waals surface area contributed by atoms with E-state index in [1.807, 2.05) is 4.52 Å². The van der Waals surface area contributed by atoms with E-state index >= 15 is 0 Å². The number of hydrogen-bond donors (Lipinski definition) is 1. The first-order chi connectivity index (χ1) is 17.8. The van der Waals surface area contributed by atoms with Gasteiger partial charge in [-0.05, 0) is 32.1 Å². The summed E-state index contributed by atoms with van der Waals surface area (Å²) in [5, 5.41) is 22.7. The molecule has 2 atom stereocenters. The summed E-state index contributed by atoms with van der Waals surface area (Å²) >= 11 is 0. The lowest BCUT2D eigenvalue weighted by molar-refractivity contribution is 0.521. The fourth-order valence-electron chi connectivity index (χ4n) is 5.11. The van der Waals surface area contributed by atoms with Gasteiger partial charge in [0.1, 0.15) is 11.4 Å². The highest BCUT2D eigenvalue weighted by Gasteiger charge is 2.32. The molecule has 0 fully saturated rings. The third-order valence-electron chi connectivity index (χ3n) is 7.46. The Kier molecular flexibility index (Phi) is 8.29. The quantitative estimate of drug-likeness (QED) is 0.283. The predicted octanol–water partition coefficient (Wildman–Crippen LogP) is 7.06. The maximum Gasteiger partial charge on any atom is 0.204 e. The molecular formula is C28H45N9. The highest BCUT2D eigenvalue weighted by molar-refractivity contribution is 6.49. The van der Waals surface area contributed by atoms with Crippen LogP contribution in [0.4, 0.5) is 5.69 Å². The van der Waals surface area contributed by atoms with Gasteiger partial charge >= 0.3 is 0 Å². The number of H-pyrrole nitrogens is 1. The van der Waals surface area contributed by atoms with Gasteiger partial charge in [0.05, 0.1) is 11.4 Å². The SMILES string of the molecule is CCCCC(CC)c1nc2n(n1)N=C(CC)/C2=N/c1c(C(C)(C)C)nn2c(C(CC)CCCC)n[nH]c12. The molecular weight excluding hydrogens is 462 g/mol. The largest absolute Gasteiger partial charge is 0.258 e. The highest BCUT2D eigenvalue weighted by Crippen LogP contribution is 2.37. The topological polar surface area (TPSA) is 101 Å². The first kappa shape index (κ1) is 27.2. The first-order valence-corrected chi connectivity index (χ1v) is 14.4. The van der Waals surface area contributed by atoms with E-state index in [4.69, 9.17) is 30.4 Å². The molecule has 0 saturated heterocycles. The molecule has 0 spiro atoms. The minimum Gasteiger partial charge on any atom is -0.258 e. The minimum atomic E-state index is -0.191. The zero-order valence-corrected chi connectivity index (χ0v) is 24.1. The highest BCUT2D eigenvalue weighted by atomic mass is 15.6. The Morgan fingerprint density at radius 2 is 1.59 bits per heavy atom. The second-order valence-electron chi connectivity index (χ2n) is 11.3. The van der Waals surface area contributed by atoms with Crippen LogP contribution in [0, 0.1) is 0 Å². The van der Waals surface area contributed by atoms with Gasteiger partial charge in [0.2, 0.25) is 5.82 Å². The molecule has 2 unspecified atom stereocenters. The third-order valence-corrected chi connectivity index (χ3v) is 7.46. The molecule has 9 nitrogen and oxygen atoms in total. The summed E-state index contributed by atoms with van der Waals surface area (Å²) in [5.74, 6) is 3.30. The Balaban J connectivity index is 1.83. The van der Waals surface area contributed by atoms with Gasteiger partial charge in [-0.3, -0.25) is 5.10 Å². The van der Waals surface area contributed by atoms with E-state index < -0.39 is 0 Å². The lowest BCUT2D eigenvalue weighted by atomic mass is 9.91. The Morgan fingerprint density at radius 1 is 0.919 bits per heavy atom. The lowest BCUT2D eigenvalue weighted by Crippen LogP contribution is -2.15. The summed E-state index contributed by atoms with van der Waals surface area (Å²) < 4.78 is 2.00. The van der Waals surface area contributed by atoms with Crippen molar-refractivity contribution in [1.29, 1.82) is 0 Å². The first-order valence-electron chi connectivity index (χ1n) is 14.4. The molecule has 37 heavy (non-hydrogen) atoms. The van der Waals surface area contributed by atoms with E-state index in [0.29, 0.717) is 11.8 Å². The van der Waals surface area contributed by atoms with Crippen molar-refractivity contribution in [3.05, 3.63) is 23.2 Å². The van der Waals surface area contributed by atoms with Gasteiger partial charge in [-0.1, -0.05) is 81.1 Å². The molecule has 0 saturated carbocycles. The smallest absolute Gasteiger partial charge is 0.204 e. The summed E-state index contributed by atoms with van der Waals surface area (Å²) in [6.07, 6.45) is 9.71. The van der Waals surface area contributed by atoms with Crippen LogP contribution in [-0.4, -0.2) is 46.1 Å². The monoisotopic (exact) mass is 507 g/mol. The van der Waals surface area contributed by atoms with Crippen molar-refractivity contribution < 1.29 is 0 Å². The average molecular weight is 508 g/mol. The number of aromatic nitrogens is 7. The number of fused-ring (bicyclic) bond motifs is 2. The van der Waals surface area contributed by atoms with Crippen LogP contribution in [0.3, 0.4) is 0 Å². The van der Waals surface area contributed by atoms with Gasteiger partial charge in [0.15, 0.2) is 17.3 Å². The molecule has 9 heteroatoms. The third kappa shape index (κ3) is 5.27. The van der Waals surface area contributed by atoms with E-state index in [9.17, 15) is 0 Å². The average Bonchev–Trinajstić information content (AvgIpc) is 3.61. The number of aliphatic imine (C=N–C) groups is 1. The van der Waals surface area contributed by atoms with E-state index in [0.717, 1.165) is 78.0 Å². The molecule has 1 aliphatic rings. The van der Waals surface area contributed by atoms with Crippen molar-refractivity contribution >= 4 is 22.8 Å². The van der Waals surface area contributed by atoms with Crippen molar-refractivity contribution in [1.82, 2.24) is 34.7 Å². The molecule has 1 aliphatic heterocycles. The summed E-state index contributed by atoms with van der Waals surface area (Å²) in [6.45, 7) is 17.6. The van der Waals surface area contributed by atoms with Gasteiger partial charge in [-0.25, -0.2) is 9.98 Å². The normalized spacial score (nSPS) is 16.5. The molecule has 0 amide bonds. The standard InChI is InChI=1S/C28H45N9/c1-9-14-16-18(11-3)24-30-26-21(20(13-5)33-37(26)35-24)29-22-23(28(6,7)8)34-36-25(31-32-27(22)36)19(12-4)17-15-10-2/h18-19,32H,9-17H2,1-8H3/b29-21-. The van der Waals surface area contributed by atoms with Crippen molar-refractivity contribution in [2.75, 3.05) is 0 Å². The van der Waals surface area contributed by atoms with E-state index in [2.05, 4.69) is 60.5 Å². The van der Waals surface area contributed by atoms with Crippen LogP contribution in [0.2, 0.25) is 0 Å². The summed E-state index contributed by atoms with van der Waals surface area (Å²) in [7, 11) is 0. The zero-order valence-electron chi connectivity index (χ0n) is 24.1. The summed E-state index contributed by atoms with van der Waals surface area (Å²) in [5.41, 5.74) is 4.11. The van der Waals surface area contributed by atoms with Gasteiger partial charge in [0.25, 0.3) is 0 Å². The van der Waals surface area contributed by atoms with Crippen LogP contribution in [0.5, 0.6) is 0 Å². The van der Waals surface area contributed by atoms with Crippen molar-refractivity contribution in [3.8, 4) is 0 Å². The Labute approximate surface area is 221 Å². The van der Waals surface area contributed by atoms with Crippen LogP contribution in [0.25, 0.3) is 5.65 Å². The summed E-state index contributed by atoms with van der Waals surface area (Å²) in [6, 6.07) is 0. The van der Waals surface area contributed by atoms with E-state index in [1.54, 1.807) is 4.79 Å². The lowest BCUT2D eigenvalue weighted by Gasteiger charge is -2.16. The van der Waals surface area contributed by atoms with Crippen LogP contribution in [0.1, 0.15) is 148 Å². The van der Waals surface area contributed by atoms with Crippen molar-refractivity contribution in [3.63, 3.8) is 0 Å². The second-order valence-corrected chi connectivity index (χ2v) is 11.3.